The normalized spacial score (nSPS) is 18.0. The zero-order valence-electron chi connectivity index (χ0n) is 22.8. The van der Waals surface area contributed by atoms with E-state index in [-0.39, 0.29) is 41.9 Å². The van der Waals surface area contributed by atoms with Gasteiger partial charge in [0.15, 0.2) is 10.6 Å². The third kappa shape index (κ3) is 6.20. The van der Waals surface area contributed by atoms with Crippen LogP contribution >= 0.6 is 11.3 Å². The lowest BCUT2D eigenvalue weighted by Crippen LogP contribution is -2.49. The standard InChI is InChI=1S/C27H28FN5O6S2/c1-15-12-32(13-16(2)38-15)22(35)14-31-7-8-33-26(36)24(39-17(3)34)23(30-27(31)33)25-29-11-20(40-25)9-18-5-6-19(28)10-21(18)41(4)37/h5-8,10-11,15-16H,9,12-14H2,1-4H3. The minimum atomic E-state index is -1.40. The van der Waals surface area contributed by atoms with Gasteiger partial charge in [-0.2, -0.15) is 0 Å². The van der Waals surface area contributed by atoms with Crippen LogP contribution in [0.15, 0.2) is 46.5 Å². The molecule has 1 saturated heterocycles. The Morgan fingerprint density at radius 2 is 1.98 bits per heavy atom. The van der Waals surface area contributed by atoms with E-state index in [1.165, 1.54) is 47.2 Å². The number of benzene rings is 1. The van der Waals surface area contributed by atoms with E-state index in [0.717, 1.165) is 4.88 Å². The fourth-order valence-corrected chi connectivity index (χ4v) is 6.53. The van der Waals surface area contributed by atoms with Gasteiger partial charge in [0, 0.05) is 61.5 Å². The third-order valence-electron chi connectivity index (χ3n) is 6.49. The molecule has 5 rings (SSSR count). The largest absolute Gasteiger partial charge is 0.612 e. The molecule has 14 heteroatoms. The molecular weight excluding hydrogens is 573 g/mol. The van der Waals surface area contributed by atoms with Crippen molar-refractivity contribution in [1.82, 2.24) is 23.8 Å². The summed E-state index contributed by atoms with van der Waals surface area (Å²) in [7, 11) is 0. The zero-order valence-corrected chi connectivity index (χ0v) is 24.5. The number of aromatic nitrogens is 4. The Bertz CT molecular complexity index is 1670. The molecule has 1 amide bonds. The van der Waals surface area contributed by atoms with Crippen molar-refractivity contribution < 1.29 is 28.0 Å². The number of halogens is 1. The molecule has 1 aromatic carbocycles. The van der Waals surface area contributed by atoms with Crippen LogP contribution in [0.25, 0.3) is 16.5 Å². The van der Waals surface area contributed by atoms with Crippen molar-refractivity contribution in [2.24, 2.45) is 0 Å². The minimum Gasteiger partial charge on any atom is -0.612 e. The van der Waals surface area contributed by atoms with Crippen LogP contribution in [-0.2, 0) is 38.5 Å². The molecule has 0 N–H and O–H groups in total. The monoisotopic (exact) mass is 601 g/mol. The summed E-state index contributed by atoms with van der Waals surface area (Å²) in [4.78, 5) is 50.3. The van der Waals surface area contributed by atoms with Crippen molar-refractivity contribution in [3.8, 4) is 16.5 Å². The summed E-state index contributed by atoms with van der Waals surface area (Å²) in [6.07, 6.45) is 6.23. The second-order valence-electron chi connectivity index (χ2n) is 9.86. The second-order valence-corrected chi connectivity index (χ2v) is 12.3. The van der Waals surface area contributed by atoms with Crippen molar-refractivity contribution in [2.45, 2.75) is 50.8 Å². The lowest BCUT2D eigenvalue weighted by Gasteiger charge is -2.35. The number of morpholine rings is 1. The number of fused-ring (bicyclic) bond motifs is 1. The summed E-state index contributed by atoms with van der Waals surface area (Å²) < 4.78 is 39.7. The molecule has 1 aliphatic rings. The van der Waals surface area contributed by atoms with Gasteiger partial charge in [-0.3, -0.25) is 14.4 Å². The van der Waals surface area contributed by atoms with E-state index in [0.29, 0.717) is 35.0 Å². The summed E-state index contributed by atoms with van der Waals surface area (Å²) in [6, 6.07) is 4.12. The number of esters is 1. The first kappa shape index (κ1) is 28.9. The van der Waals surface area contributed by atoms with Gasteiger partial charge in [-0.05, 0) is 31.1 Å². The first-order valence-corrected chi connectivity index (χ1v) is 15.2. The van der Waals surface area contributed by atoms with Gasteiger partial charge >= 0.3 is 11.5 Å². The first-order chi connectivity index (χ1) is 19.5. The topological polar surface area (TPSA) is 131 Å². The van der Waals surface area contributed by atoms with Gasteiger partial charge in [0.2, 0.25) is 17.4 Å². The molecule has 3 atom stereocenters. The number of rotatable bonds is 7. The number of hydrogen-bond donors (Lipinski definition) is 0. The van der Waals surface area contributed by atoms with E-state index in [9.17, 15) is 23.3 Å². The lowest BCUT2D eigenvalue weighted by molar-refractivity contribution is -0.143. The number of amides is 1. The lowest BCUT2D eigenvalue weighted by atomic mass is 10.1. The Kier molecular flexibility index (Phi) is 8.27. The van der Waals surface area contributed by atoms with E-state index in [1.54, 1.807) is 27.9 Å². The summed E-state index contributed by atoms with van der Waals surface area (Å²) in [5.41, 5.74) is 0.102. The van der Waals surface area contributed by atoms with Crippen LogP contribution in [0.5, 0.6) is 5.75 Å². The molecule has 4 aromatic rings. The third-order valence-corrected chi connectivity index (χ3v) is 8.49. The predicted octanol–water partition coefficient (Wildman–Crippen LogP) is 2.65. The van der Waals surface area contributed by atoms with Crippen LogP contribution in [-0.4, -0.2) is 71.8 Å². The quantitative estimate of drug-likeness (QED) is 0.233. The van der Waals surface area contributed by atoms with Gasteiger partial charge in [-0.1, -0.05) is 6.07 Å². The van der Waals surface area contributed by atoms with Crippen LogP contribution < -0.4 is 10.3 Å². The van der Waals surface area contributed by atoms with E-state index in [2.05, 4.69) is 9.97 Å². The molecule has 3 unspecified atom stereocenters. The second kappa shape index (κ2) is 11.7. The zero-order chi connectivity index (χ0) is 29.4. The first-order valence-electron chi connectivity index (χ1n) is 12.8. The maximum atomic E-state index is 13.8. The highest BCUT2D eigenvalue weighted by molar-refractivity contribution is 7.90. The average Bonchev–Trinajstić information content (AvgIpc) is 3.53. The van der Waals surface area contributed by atoms with Crippen molar-refractivity contribution in [2.75, 3.05) is 19.3 Å². The van der Waals surface area contributed by atoms with Gasteiger partial charge in [-0.25, -0.2) is 18.8 Å². The average molecular weight is 602 g/mol. The van der Waals surface area contributed by atoms with Crippen molar-refractivity contribution in [1.29, 1.82) is 0 Å². The van der Waals surface area contributed by atoms with E-state index in [4.69, 9.17) is 9.47 Å². The van der Waals surface area contributed by atoms with Gasteiger partial charge in [-0.15, -0.1) is 11.3 Å². The molecule has 0 spiro atoms. The van der Waals surface area contributed by atoms with Crippen LogP contribution in [0.2, 0.25) is 0 Å². The summed E-state index contributed by atoms with van der Waals surface area (Å²) in [5, 5.41) is 0.312. The van der Waals surface area contributed by atoms with Crippen LogP contribution in [0.3, 0.4) is 0 Å². The van der Waals surface area contributed by atoms with Crippen LogP contribution in [0.4, 0.5) is 4.39 Å². The summed E-state index contributed by atoms with van der Waals surface area (Å²) in [6.45, 7) is 5.86. The smallest absolute Gasteiger partial charge is 0.308 e. The van der Waals surface area contributed by atoms with Crippen molar-refractivity contribution in [3.05, 3.63) is 63.4 Å². The molecule has 11 nitrogen and oxygen atoms in total. The van der Waals surface area contributed by atoms with Gasteiger partial charge < -0.3 is 23.5 Å². The Morgan fingerprint density at radius 3 is 2.66 bits per heavy atom. The Morgan fingerprint density at radius 1 is 1.24 bits per heavy atom. The molecule has 0 radical (unpaired) electrons. The fraction of sp³-hybridized carbons (Fsp3) is 0.370. The number of carbonyl (C=O) groups is 2. The highest BCUT2D eigenvalue weighted by Gasteiger charge is 2.27. The molecule has 0 aliphatic carbocycles. The van der Waals surface area contributed by atoms with Gasteiger partial charge in [0.25, 0.3) is 0 Å². The molecule has 0 bridgehead atoms. The number of thiazole rings is 1. The van der Waals surface area contributed by atoms with E-state index >= 15 is 0 Å². The molecule has 3 aromatic heterocycles. The Labute approximate surface area is 241 Å². The molecule has 4 heterocycles. The Balaban J connectivity index is 1.51. The molecule has 216 valence electrons. The number of imidazole rings is 1. The van der Waals surface area contributed by atoms with Gasteiger partial charge in [0.05, 0.1) is 12.2 Å². The molecule has 1 fully saturated rings. The van der Waals surface area contributed by atoms with E-state index in [1.807, 2.05) is 13.8 Å². The fourth-order valence-electron chi connectivity index (χ4n) is 4.82. The maximum Gasteiger partial charge on any atom is 0.308 e. The van der Waals surface area contributed by atoms with Crippen molar-refractivity contribution >= 4 is 40.2 Å². The number of carbonyl (C=O) groups excluding carboxylic acids is 2. The Hall–Kier alpha value is -3.59. The SMILES string of the molecule is CC(=O)Oc1c(-c2ncc(Cc3ccc(F)cc3[S+](C)[O-])s2)nc2n(CC(=O)N3CC(C)OC(C)C3)ccn2c1=O. The molecular formula is C27H28FN5O6S2. The summed E-state index contributed by atoms with van der Waals surface area (Å²) in [5.74, 6) is -1.43. The predicted molar refractivity (Wildman–Crippen MR) is 150 cm³/mol. The number of hydrogen-bond acceptors (Lipinski definition) is 9. The van der Waals surface area contributed by atoms with Gasteiger partial charge in [0.1, 0.15) is 23.6 Å². The molecule has 0 saturated carbocycles. The minimum absolute atomic E-state index is 0.0562. The molecule has 41 heavy (non-hydrogen) atoms. The van der Waals surface area contributed by atoms with Crippen LogP contribution in [0, 0.1) is 5.82 Å². The van der Waals surface area contributed by atoms with Crippen molar-refractivity contribution in [3.63, 3.8) is 0 Å². The maximum absolute atomic E-state index is 13.8. The van der Waals surface area contributed by atoms with Crippen LogP contribution in [0.1, 0.15) is 31.2 Å². The highest BCUT2D eigenvalue weighted by Crippen LogP contribution is 2.32. The summed E-state index contributed by atoms with van der Waals surface area (Å²) >= 11 is -0.197. The molecule has 1 aliphatic heterocycles. The highest BCUT2D eigenvalue weighted by atomic mass is 32.2. The number of ether oxygens (including phenoxy) is 2. The number of nitrogens with zero attached hydrogens (tertiary/aromatic N) is 5. The van der Waals surface area contributed by atoms with E-state index < -0.39 is 28.5 Å².